The van der Waals surface area contributed by atoms with Gasteiger partial charge < -0.3 is 25.2 Å². The summed E-state index contributed by atoms with van der Waals surface area (Å²) in [6.45, 7) is 8.41. The van der Waals surface area contributed by atoms with E-state index in [9.17, 15) is 9.59 Å². The number of piperazine rings is 1. The van der Waals surface area contributed by atoms with Crippen LogP contribution in [0.2, 0.25) is 0 Å². The van der Waals surface area contributed by atoms with Gasteiger partial charge in [0.15, 0.2) is 5.65 Å². The Kier molecular flexibility index (Phi) is 6.81. The summed E-state index contributed by atoms with van der Waals surface area (Å²) >= 11 is 0. The first-order valence-electron chi connectivity index (χ1n) is 12.1. The molecule has 3 aromatic rings. The van der Waals surface area contributed by atoms with E-state index < -0.39 is 0 Å². The van der Waals surface area contributed by atoms with Crippen LogP contribution in [0.4, 0.5) is 17.3 Å². The zero-order valence-electron chi connectivity index (χ0n) is 20.3. The van der Waals surface area contributed by atoms with E-state index in [2.05, 4.69) is 37.1 Å². The van der Waals surface area contributed by atoms with Crippen molar-refractivity contribution in [1.82, 2.24) is 29.7 Å². The smallest absolute Gasteiger partial charge is 0.270 e. The third-order valence-corrected chi connectivity index (χ3v) is 6.69. The predicted molar refractivity (Wildman–Crippen MR) is 138 cm³/mol. The molecule has 4 heterocycles. The number of ether oxygens (including phenoxy) is 1. The first-order chi connectivity index (χ1) is 17.6. The number of amides is 1. The predicted octanol–water partition coefficient (Wildman–Crippen LogP) is 1.70. The maximum Gasteiger partial charge on any atom is 0.270 e. The molecule has 11 heteroatoms. The topological polar surface area (TPSA) is 118 Å². The lowest BCUT2D eigenvalue weighted by atomic mass is 10.1. The standard InChI is InChI=1S/C25H30N8O3/c1-3-22(34)32-10-4-5-18(16-32)33-23(35)15-27-20-14-28-25(30-24(20)33)29-19-7-6-17(13-21(19)36-2)31-11-8-26-9-12-31/h3,6-7,13-15,18,26H,1,4-5,8-12,16H2,2H3,(H,28,29,30). The molecule has 1 amide bonds. The minimum atomic E-state index is -0.261. The van der Waals surface area contributed by atoms with Crippen LogP contribution < -0.4 is 25.8 Å². The van der Waals surface area contributed by atoms with Crippen LogP contribution in [-0.2, 0) is 4.79 Å². The first kappa shape index (κ1) is 23.7. The molecule has 2 aromatic heterocycles. The van der Waals surface area contributed by atoms with Gasteiger partial charge in [0.05, 0.1) is 31.2 Å². The number of piperidine rings is 1. The van der Waals surface area contributed by atoms with Crippen LogP contribution in [0.1, 0.15) is 18.9 Å². The van der Waals surface area contributed by atoms with Crippen LogP contribution in [0.5, 0.6) is 5.75 Å². The monoisotopic (exact) mass is 490 g/mol. The van der Waals surface area contributed by atoms with E-state index in [1.165, 1.54) is 12.3 Å². The average molecular weight is 491 g/mol. The highest BCUT2D eigenvalue weighted by atomic mass is 16.5. The van der Waals surface area contributed by atoms with Crippen molar-refractivity contribution in [3.8, 4) is 5.75 Å². The second-order valence-electron chi connectivity index (χ2n) is 8.90. The fourth-order valence-corrected chi connectivity index (χ4v) is 4.86. The van der Waals surface area contributed by atoms with E-state index >= 15 is 0 Å². The SMILES string of the molecule is C=CC(=O)N1CCCC(n2c(=O)cnc3cnc(Nc4ccc(N5CCNCC5)cc4OC)nc32)C1. The molecule has 1 atom stereocenters. The first-order valence-corrected chi connectivity index (χ1v) is 12.1. The Bertz CT molecular complexity index is 1330. The number of hydrogen-bond acceptors (Lipinski definition) is 9. The second kappa shape index (κ2) is 10.3. The number of nitrogens with zero attached hydrogens (tertiary/aromatic N) is 6. The number of carbonyl (C=O) groups excluding carboxylic acids is 1. The van der Waals surface area contributed by atoms with Crippen molar-refractivity contribution in [3.05, 3.63) is 53.6 Å². The molecule has 0 bridgehead atoms. The zero-order valence-corrected chi connectivity index (χ0v) is 20.3. The normalized spacial score (nSPS) is 18.2. The van der Waals surface area contributed by atoms with Crippen molar-refractivity contribution in [2.24, 2.45) is 0 Å². The van der Waals surface area contributed by atoms with Crippen molar-refractivity contribution in [2.45, 2.75) is 18.9 Å². The summed E-state index contributed by atoms with van der Waals surface area (Å²) in [6.07, 6.45) is 5.73. The molecule has 188 valence electrons. The zero-order chi connectivity index (χ0) is 25.1. The van der Waals surface area contributed by atoms with Gasteiger partial charge in [0.2, 0.25) is 11.9 Å². The third kappa shape index (κ3) is 4.74. The number of anilines is 3. The Morgan fingerprint density at radius 2 is 2.06 bits per heavy atom. The Labute approximate surface area is 208 Å². The summed E-state index contributed by atoms with van der Waals surface area (Å²) < 4.78 is 7.27. The summed E-state index contributed by atoms with van der Waals surface area (Å²) in [6, 6.07) is 5.78. The van der Waals surface area contributed by atoms with Crippen molar-refractivity contribution in [1.29, 1.82) is 0 Å². The van der Waals surface area contributed by atoms with Crippen LogP contribution >= 0.6 is 0 Å². The Hall–Kier alpha value is -3.99. The largest absolute Gasteiger partial charge is 0.494 e. The lowest BCUT2D eigenvalue weighted by molar-refractivity contribution is -0.127. The molecule has 0 radical (unpaired) electrons. The van der Waals surface area contributed by atoms with Gasteiger partial charge in [-0.1, -0.05) is 6.58 Å². The van der Waals surface area contributed by atoms with Crippen molar-refractivity contribution in [3.63, 3.8) is 0 Å². The van der Waals surface area contributed by atoms with Crippen molar-refractivity contribution in [2.75, 3.05) is 56.6 Å². The van der Waals surface area contributed by atoms with E-state index in [1.54, 1.807) is 22.8 Å². The molecule has 36 heavy (non-hydrogen) atoms. The molecule has 5 rings (SSSR count). The van der Waals surface area contributed by atoms with E-state index in [0.29, 0.717) is 41.6 Å². The molecule has 2 fully saturated rings. The van der Waals surface area contributed by atoms with E-state index in [1.807, 2.05) is 18.2 Å². The van der Waals surface area contributed by atoms with Gasteiger partial charge in [-0.3, -0.25) is 14.2 Å². The number of fused-ring (bicyclic) bond motifs is 1. The number of methoxy groups -OCH3 is 1. The molecule has 2 aliphatic heterocycles. The Morgan fingerprint density at radius 1 is 1.22 bits per heavy atom. The highest BCUT2D eigenvalue weighted by molar-refractivity contribution is 5.87. The molecule has 1 unspecified atom stereocenters. The van der Waals surface area contributed by atoms with Gasteiger partial charge in [-0.25, -0.2) is 9.97 Å². The Balaban J connectivity index is 1.46. The fraction of sp³-hybridized carbons (Fsp3) is 0.400. The molecule has 2 aliphatic rings. The number of nitrogens with one attached hydrogen (secondary N) is 2. The third-order valence-electron chi connectivity index (χ3n) is 6.69. The number of hydrogen-bond donors (Lipinski definition) is 2. The molecule has 1 aromatic carbocycles. The van der Waals surface area contributed by atoms with Crippen LogP contribution in [-0.4, -0.2) is 76.7 Å². The number of likely N-dealkylation sites (tertiary alicyclic amines) is 1. The minimum Gasteiger partial charge on any atom is -0.494 e. The van der Waals surface area contributed by atoms with Gasteiger partial charge in [-0.05, 0) is 31.1 Å². The molecule has 0 aliphatic carbocycles. The van der Waals surface area contributed by atoms with Crippen LogP contribution in [0.25, 0.3) is 11.2 Å². The van der Waals surface area contributed by atoms with E-state index in [4.69, 9.17) is 4.74 Å². The molecular formula is C25H30N8O3. The molecular weight excluding hydrogens is 460 g/mol. The van der Waals surface area contributed by atoms with Gasteiger partial charge in [0.25, 0.3) is 5.56 Å². The minimum absolute atomic E-state index is 0.139. The number of benzene rings is 1. The maximum atomic E-state index is 12.9. The van der Waals surface area contributed by atoms with Crippen LogP contribution in [0.15, 0.2) is 48.0 Å². The number of aromatic nitrogens is 4. The van der Waals surface area contributed by atoms with E-state index in [-0.39, 0.29) is 17.5 Å². The number of carbonyl (C=O) groups is 1. The fourth-order valence-electron chi connectivity index (χ4n) is 4.86. The highest BCUT2D eigenvalue weighted by Crippen LogP contribution is 2.32. The van der Waals surface area contributed by atoms with Gasteiger partial charge >= 0.3 is 0 Å². The van der Waals surface area contributed by atoms with Gasteiger partial charge in [0, 0.05) is 51.0 Å². The van der Waals surface area contributed by atoms with E-state index in [0.717, 1.165) is 44.7 Å². The van der Waals surface area contributed by atoms with Crippen molar-refractivity contribution >= 4 is 34.4 Å². The lowest BCUT2D eigenvalue weighted by Gasteiger charge is -2.33. The molecule has 2 saturated heterocycles. The summed E-state index contributed by atoms with van der Waals surface area (Å²) in [5, 5.41) is 6.59. The van der Waals surface area contributed by atoms with Crippen LogP contribution in [0, 0.1) is 0 Å². The average Bonchev–Trinajstić information content (AvgIpc) is 2.93. The summed E-state index contributed by atoms with van der Waals surface area (Å²) in [7, 11) is 1.63. The second-order valence-corrected chi connectivity index (χ2v) is 8.90. The molecule has 0 saturated carbocycles. The lowest BCUT2D eigenvalue weighted by Crippen LogP contribution is -2.43. The van der Waals surface area contributed by atoms with Gasteiger partial charge in [0.1, 0.15) is 11.3 Å². The number of rotatable bonds is 6. The summed E-state index contributed by atoms with van der Waals surface area (Å²) in [4.78, 5) is 42.4. The van der Waals surface area contributed by atoms with Gasteiger partial charge in [-0.2, -0.15) is 4.98 Å². The molecule has 2 N–H and O–H groups in total. The summed E-state index contributed by atoms with van der Waals surface area (Å²) in [5.74, 6) is 0.857. The van der Waals surface area contributed by atoms with Gasteiger partial charge in [-0.15, -0.1) is 0 Å². The maximum absolute atomic E-state index is 12.9. The van der Waals surface area contributed by atoms with Crippen molar-refractivity contribution < 1.29 is 9.53 Å². The van der Waals surface area contributed by atoms with Crippen LogP contribution in [0.3, 0.4) is 0 Å². The molecule has 11 nitrogen and oxygen atoms in total. The summed E-state index contributed by atoms with van der Waals surface area (Å²) in [5.41, 5.74) is 2.48. The Morgan fingerprint density at radius 3 is 2.83 bits per heavy atom. The molecule has 0 spiro atoms. The quantitative estimate of drug-likeness (QED) is 0.498. The highest BCUT2D eigenvalue weighted by Gasteiger charge is 2.26.